The van der Waals surface area contributed by atoms with E-state index in [1.807, 2.05) is 31.2 Å². The summed E-state index contributed by atoms with van der Waals surface area (Å²) in [5.74, 6) is 0. The summed E-state index contributed by atoms with van der Waals surface area (Å²) >= 11 is 0. The van der Waals surface area contributed by atoms with Gasteiger partial charge in [-0.3, -0.25) is 15.0 Å². The lowest BCUT2D eigenvalue weighted by atomic mass is 10.00. The lowest BCUT2D eigenvalue weighted by Gasteiger charge is -2.09. The van der Waals surface area contributed by atoms with Crippen LogP contribution in [0.2, 0.25) is 0 Å². The van der Waals surface area contributed by atoms with Gasteiger partial charge in [0, 0.05) is 34.5 Å². The Bertz CT molecular complexity index is 901. The third kappa shape index (κ3) is 1.43. The van der Waals surface area contributed by atoms with Gasteiger partial charge in [-0.15, -0.1) is 0 Å². The summed E-state index contributed by atoms with van der Waals surface area (Å²) in [6.07, 6.45) is 3.52. The highest BCUT2D eigenvalue weighted by Crippen LogP contribution is 2.29. The predicted octanol–water partition coefficient (Wildman–Crippen LogP) is 1.83. The second-order valence-electron chi connectivity index (χ2n) is 4.69. The zero-order valence-corrected chi connectivity index (χ0v) is 10.8. The van der Waals surface area contributed by atoms with Gasteiger partial charge < -0.3 is 0 Å². The molecule has 0 saturated heterocycles. The van der Waals surface area contributed by atoms with Gasteiger partial charge in [0.25, 0.3) is 0 Å². The monoisotopic (exact) mass is 256 g/mol. The molecule has 3 heterocycles. The second-order valence-corrected chi connectivity index (χ2v) is 4.69. The maximum Gasteiger partial charge on any atom is 0.144 e. The second kappa shape index (κ2) is 3.97. The molecule has 0 aliphatic rings. The molecule has 0 amide bonds. The fourth-order valence-corrected chi connectivity index (χ4v) is 2.48. The van der Waals surface area contributed by atoms with E-state index in [9.17, 15) is 0 Å². The van der Waals surface area contributed by atoms with Crippen LogP contribution in [0.25, 0.3) is 32.8 Å². The molecule has 0 aliphatic carbocycles. The molecular formula is C15H9BN4. The molecule has 5 heteroatoms. The number of hydrogen-bond acceptors (Lipinski definition) is 4. The van der Waals surface area contributed by atoms with Gasteiger partial charge in [0.05, 0.1) is 22.1 Å². The quantitative estimate of drug-likeness (QED) is 0.356. The van der Waals surface area contributed by atoms with Crippen molar-refractivity contribution in [3.05, 3.63) is 42.4 Å². The Balaban J connectivity index is 2.42. The number of benzene rings is 1. The summed E-state index contributed by atoms with van der Waals surface area (Å²) in [5.41, 5.74) is 4.44. The molecule has 3 aromatic heterocycles. The van der Waals surface area contributed by atoms with Crippen LogP contribution in [-0.4, -0.2) is 27.8 Å². The molecule has 0 spiro atoms. The van der Waals surface area contributed by atoms with Gasteiger partial charge in [0.2, 0.25) is 0 Å². The van der Waals surface area contributed by atoms with E-state index in [-0.39, 0.29) is 0 Å². The van der Waals surface area contributed by atoms with Crippen molar-refractivity contribution in [2.75, 3.05) is 0 Å². The van der Waals surface area contributed by atoms with Gasteiger partial charge in [-0.2, -0.15) is 0 Å². The summed E-state index contributed by atoms with van der Waals surface area (Å²) in [6.45, 7) is 1.86. The first-order valence-corrected chi connectivity index (χ1v) is 6.31. The van der Waals surface area contributed by atoms with E-state index in [2.05, 4.69) is 19.9 Å². The third-order valence-electron chi connectivity index (χ3n) is 3.46. The lowest BCUT2D eigenvalue weighted by molar-refractivity contribution is 1.23. The molecule has 0 N–H and O–H groups in total. The van der Waals surface area contributed by atoms with Crippen molar-refractivity contribution in [3.8, 4) is 0 Å². The van der Waals surface area contributed by atoms with E-state index in [1.54, 1.807) is 12.4 Å². The first kappa shape index (κ1) is 11.3. The number of rotatable bonds is 0. The first-order valence-electron chi connectivity index (χ1n) is 6.31. The molecule has 20 heavy (non-hydrogen) atoms. The van der Waals surface area contributed by atoms with Crippen LogP contribution >= 0.6 is 0 Å². The summed E-state index contributed by atoms with van der Waals surface area (Å²) < 4.78 is 0. The number of fused-ring (bicyclic) bond motifs is 6. The normalized spacial score (nSPS) is 11.4. The average molecular weight is 256 g/mol. The Labute approximate surface area is 116 Å². The third-order valence-corrected chi connectivity index (χ3v) is 3.46. The van der Waals surface area contributed by atoms with Crippen molar-refractivity contribution in [2.24, 2.45) is 0 Å². The lowest BCUT2D eigenvalue weighted by Crippen LogP contribution is -2.14. The maximum absolute atomic E-state index is 5.91. The Hall–Kier alpha value is -2.56. The summed E-state index contributed by atoms with van der Waals surface area (Å²) in [5, 5.41) is 1.87. The molecule has 4 nitrogen and oxygen atoms in total. The van der Waals surface area contributed by atoms with Gasteiger partial charge in [-0.25, -0.2) is 4.98 Å². The summed E-state index contributed by atoms with van der Waals surface area (Å²) in [7, 11) is 5.91. The fourth-order valence-electron chi connectivity index (χ4n) is 2.48. The number of pyridine rings is 2. The van der Waals surface area contributed by atoms with E-state index in [1.165, 1.54) is 0 Å². The molecule has 0 saturated carbocycles. The molecule has 0 aliphatic heterocycles. The minimum absolute atomic E-state index is 0.450. The molecule has 4 rings (SSSR count). The highest BCUT2D eigenvalue weighted by atomic mass is 14.8. The van der Waals surface area contributed by atoms with Gasteiger partial charge in [0.15, 0.2) is 0 Å². The van der Waals surface area contributed by atoms with Crippen molar-refractivity contribution >= 4 is 46.3 Å². The molecule has 4 aromatic rings. The van der Waals surface area contributed by atoms with E-state index in [0.717, 1.165) is 38.5 Å². The van der Waals surface area contributed by atoms with Crippen molar-refractivity contribution in [1.82, 2.24) is 19.9 Å². The van der Waals surface area contributed by atoms with Crippen molar-refractivity contribution in [2.45, 2.75) is 6.92 Å². The highest BCUT2D eigenvalue weighted by molar-refractivity contribution is 6.32. The van der Waals surface area contributed by atoms with Gasteiger partial charge in [-0.1, -0.05) is 0 Å². The Kier molecular flexibility index (Phi) is 2.24. The van der Waals surface area contributed by atoms with Crippen molar-refractivity contribution < 1.29 is 0 Å². The van der Waals surface area contributed by atoms with Crippen LogP contribution in [0.15, 0.2) is 36.7 Å². The smallest absolute Gasteiger partial charge is 0.144 e. The average Bonchev–Trinajstić information content (AvgIpc) is 2.49. The van der Waals surface area contributed by atoms with Gasteiger partial charge in [-0.05, 0) is 31.2 Å². The molecule has 2 radical (unpaired) electrons. The Morgan fingerprint density at radius 2 is 1.35 bits per heavy atom. The maximum atomic E-state index is 5.91. The molecule has 1 aromatic carbocycles. The Morgan fingerprint density at radius 1 is 0.800 bits per heavy atom. The van der Waals surface area contributed by atoms with Crippen LogP contribution in [0.1, 0.15) is 5.69 Å². The van der Waals surface area contributed by atoms with Crippen LogP contribution in [0.5, 0.6) is 0 Å². The SMILES string of the molecule is [B]c1nc2c3cccnc3c3ncccc3c2nc1C. The summed E-state index contributed by atoms with van der Waals surface area (Å²) in [4.78, 5) is 18.0. The molecule has 0 fully saturated rings. The zero-order valence-electron chi connectivity index (χ0n) is 10.8. The zero-order chi connectivity index (χ0) is 13.7. The molecule has 92 valence electrons. The van der Waals surface area contributed by atoms with Crippen LogP contribution in [0, 0.1) is 6.92 Å². The number of nitrogens with zero attached hydrogens (tertiary/aromatic N) is 4. The van der Waals surface area contributed by atoms with E-state index in [4.69, 9.17) is 7.85 Å². The van der Waals surface area contributed by atoms with Gasteiger partial charge in [0.1, 0.15) is 7.85 Å². The molecule has 0 atom stereocenters. The fraction of sp³-hybridized carbons (Fsp3) is 0.0667. The number of aromatic nitrogens is 4. The van der Waals surface area contributed by atoms with Crippen LogP contribution in [0.3, 0.4) is 0 Å². The van der Waals surface area contributed by atoms with Crippen LogP contribution < -0.4 is 5.59 Å². The molecule has 0 unspecified atom stereocenters. The largest absolute Gasteiger partial charge is 0.260 e. The van der Waals surface area contributed by atoms with Gasteiger partial charge >= 0.3 is 0 Å². The Morgan fingerprint density at radius 3 is 1.95 bits per heavy atom. The minimum Gasteiger partial charge on any atom is -0.260 e. The van der Waals surface area contributed by atoms with Crippen molar-refractivity contribution in [3.63, 3.8) is 0 Å². The van der Waals surface area contributed by atoms with Crippen molar-refractivity contribution in [1.29, 1.82) is 0 Å². The topological polar surface area (TPSA) is 51.6 Å². The van der Waals surface area contributed by atoms with E-state index >= 15 is 0 Å². The standard InChI is InChI=1S/C15H9BN4/c1-8-15(16)20-14-10-5-3-7-18-12(10)11-9(13(14)19-8)4-2-6-17-11/h2-7H,1H3. The highest BCUT2D eigenvalue weighted by Gasteiger charge is 2.12. The minimum atomic E-state index is 0.450. The number of hydrogen-bond donors (Lipinski definition) is 0. The predicted molar refractivity (Wildman–Crippen MR) is 80.3 cm³/mol. The van der Waals surface area contributed by atoms with Crippen LogP contribution in [-0.2, 0) is 0 Å². The molecular weight excluding hydrogens is 247 g/mol. The van der Waals surface area contributed by atoms with E-state index < -0.39 is 0 Å². The van der Waals surface area contributed by atoms with Crippen LogP contribution in [0.4, 0.5) is 0 Å². The molecule has 0 bridgehead atoms. The van der Waals surface area contributed by atoms with E-state index in [0.29, 0.717) is 5.59 Å². The first-order chi connectivity index (χ1) is 9.75. The summed E-state index contributed by atoms with van der Waals surface area (Å²) in [6, 6.07) is 7.74. The number of aryl methyl sites for hydroxylation is 1.